The van der Waals surface area contributed by atoms with Gasteiger partial charge in [0.15, 0.2) is 0 Å². The van der Waals surface area contributed by atoms with Gasteiger partial charge in [0.1, 0.15) is 5.82 Å². The summed E-state index contributed by atoms with van der Waals surface area (Å²) >= 11 is 9.93. The zero-order valence-corrected chi connectivity index (χ0v) is 19.6. The topological polar surface area (TPSA) is 69.3 Å². The highest BCUT2D eigenvalue weighted by Crippen LogP contribution is 2.33. The normalized spacial score (nSPS) is 17.6. The minimum atomic E-state index is -3.45. The lowest BCUT2D eigenvalue weighted by atomic mass is 10.1. The zero-order valence-electron chi connectivity index (χ0n) is 16.4. The van der Waals surface area contributed by atoms with Gasteiger partial charge in [0.2, 0.25) is 10.0 Å². The number of aromatic amines is 1. The number of H-pyrrole nitrogens is 1. The summed E-state index contributed by atoms with van der Waals surface area (Å²) < 4.78 is 28.1. The van der Waals surface area contributed by atoms with Crippen molar-refractivity contribution in [2.24, 2.45) is 0 Å². The molecule has 0 bridgehead atoms. The first kappa shape index (κ1) is 21.4. The van der Waals surface area contributed by atoms with Crippen molar-refractivity contribution in [2.75, 3.05) is 17.7 Å². The lowest BCUT2D eigenvalue weighted by Gasteiger charge is -2.31. The van der Waals surface area contributed by atoms with Crippen molar-refractivity contribution in [1.82, 2.24) is 14.3 Å². The third-order valence-electron chi connectivity index (χ3n) is 5.28. The van der Waals surface area contributed by atoms with Crippen LogP contribution in [0.15, 0.2) is 59.3 Å². The van der Waals surface area contributed by atoms with Gasteiger partial charge in [-0.1, -0.05) is 45.7 Å². The summed E-state index contributed by atoms with van der Waals surface area (Å²) in [7, 11) is -3.45. The first-order chi connectivity index (χ1) is 14.3. The number of nitrogens with zero attached hydrogens (tertiary/aromatic N) is 3. The van der Waals surface area contributed by atoms with Gasteiger partial charge < -0.3 is 9.88 Å². The largest absolute Gasteiger partial charge is 0.362 e. The molecule has 2 aromatic carbocycles. The van der Waals surface area contributed by atoms with Crippen molar-refractivity contribution >= 4 is 43.2 Å². The Morgan fingerprint density at radius 3 is 2.77 bits per heavy atom. The molecule has 1 aliphatic heterocycles. The van der Waals surface area contributed by atoms with Crippen LogP contribution in [0.2, 0.25) is 5.02 Å². The molecule has 1 aromatic heterocycles. The highest BCUT2D eigenvalue weighted by molar-refractivity contribution is 9.10. The summed E-state index contributed by atoms with van der Waals surface area (Å²) in [4.78, 5) is 9.70. The molecule has 2 heterocycles. The van der Waals surface area contributed by atoms with Crippen molar-refractivity contribution in [3.63, 3.8) is 0 Å². The quantitative estimate of drug-likeness (QED) is 0.559. The van der Waals surface area contributed by atoms with E-state index in [1.54, 1.807) is 16.7 Å². The number of fused-ring (bicyclic) bond motifs is 1. The molecular formula is C21H22BrClN4O2S. The van der Waals surface area contributed by atoms with Crippen molar-refractivity contribution < 1.29 is 8.42 Å². The van der Waals surface area contributed by atoms with Crippen LogP contribution in [-0.2, 0) is 29.5 Å². The maximum absolute atomic E-state index is 12.8. The van der Waals surface area contributed by atoms with Gasteiger partial charge in [0.05, 0.1) is 12.8 Å². The van der Waals surface area contributed by atoms with Gasteiger partial charge in [0.25, 0.3) is 0 Å². The lowest BCUT2D eigenvalue weighted by Crippen LogP contribution is -2.45. The molecule has 4 rings (SSSR count). The Labute approximate surface area is 190 Å². The fraction of sp³-hybridized carbons (Fsp3) is 0.286. The molecule has 1 atom stereocenters. The van der Waals surface area contributed by atoms with Crippen molar-refractivity contribution in [1.29, 1.82) is 0 Å². The van der Waals surface area contributed by atoms with E-state index in [9.17, 15) is 8.42 Å². The molecule has 9 heteroatoms. The molecule has 1 N–H and O–H groups in total. The minimum Gasteiger partial charge on any atom is -0.362 e. The molecule has 1 unspecified atom stereocenters. The molecule has 0 fully saturated rings. The zero-order chi connectivity index (χ0) is 21.3. The monoisotopic (exact) mass is 508 g/mol. The van der Waals surface area contributed by atoms with E-state index in [4.69, 9.17) is 11.6 Å². The van der Waals surface area contributed by atoms with Crippen LogP contribution < -0.4 is 4.90 Å². The Morgan fingerprint density at radius 1 is 1.27 bits per heavy atom. The standard InChI is InChI=1S/C21H22BrClN4O2S/c1-30(28,29)27-12-16-10-17(22)6-7-20(16)26(14-21-24-8-9-25-21)13-18(27)11-15-4-2-3-5-19(15)23/h2-10,18H,11-14H2,1H3,(H,24,25). The van der Waals surface area contributed by atoms with Crippen LogP contribution in [0, 0.1) is 0 Å². The summed E-state index contributed by atoms with van der Waals surface area (Å²) in [6.07, 6.45) is 5.31. The van der Waals surface area contributed by atoms with Crippen LogP contribution in [0.3, 0.4) is 0 Å². The second kappa shape index (κ2) is 8.70. The molecule has 0 spiro atoms. The predicted molar refractivity (Wildman–Crippen MR) is 123 cm³/mol. The number of sulfonamides is 1. The summed E-state index contributed by atoms with van der Waals surface area (Å²) in [5, 5.41) is 0.646. The Morgan fingerprint density at radius 2 is 2.07 bits per heavy atom. The smallest absolute Gasteiger partial charge is 0.211 e. The molecule has 1 aliphatic rings. The second-order valence-electron chi connectivity index (χ2n) is 7.45. The SMILES string of the molecule is CS(=O)(=O)N1Cc2cc(Br)ccc2N(Cc2ncc[nH]2)CC1Cc1ccccc1Cl. The fourth-order valence-corrected chi connectivity index (χ4v) is 5.59. The van der Waals surface area contributed by atoms with Crippen LogP contribution in [-0.4, -0.2) is 41.5 Å². The van der Waals surface area contributed by atoms with E-state index in [1.807, 2.05) is 42.5 Å². The van der Waals surface area contributed by atoms with Crippen molar-refractivity contribution in [2.45, 2.75) is 25.6 Å². The van der Waals surface area contributed by atoms with Crippen LogP contribution in [0.1, 0.15) is 17.0 Å². The van der Waals surface area contributed by atoms with Crippen LogP contribution in [0.25, 0.3) is 0 Å². The van der Waals surface area contributed by atoms with E-state index in [0.29, 0.717) is 31.1 Å². The first-order valence-corrected chi connectivity index (χ1v) is 12.5. The molecule has 3 aromatic rings. The average Bonchev–Trinajstić information content (AvgIpc) is 3.13. The van der Waals surface area contributed by atoms with Gasteiger partial charge in [-0.25, -0.2) is 13.4 Å². The Hall–Kier alpha value is -1.87. The van der Waals surface area contributed by atoms with E-state index < -0.39 is 10.0 Å². The summed E-state index contributed by atoms with van der Waals surface area (Å²) in [6.45, 7) is 1.38. The van der Waals surface area contributed by atoms with Crippen LogP contribution in [0.5, 0.6) is 0 Å². The second-order valence-corrected chi connectivity index (χ2v) is 10.7. The maximum Gasteiger partial charge on any atom is 0.211 e. The van der Waals surface area contributed by atoms with E-state index >= 15 is 0 Å². The van der Waals surface area contributed by atoms with E-state index in [0.717, 1.165) is 27.1 Å². The van der Waals surface area contributed by atoms with E-state index in [2.05, 4.69) is 30.8 Å². The summed E-state index contributed by atoms with van der Waals surface area (Å²) in [5.74, 6) is 0.827. The van der Waals surface area contributed by atoms with Gasteiger partial charge in [0, 0.05) is 46.7 Å². The number of hydrogen-bond acceptors (Lipinski definition) is 4. The highest BCUT2D eigenvalue weighted by Gasteiger charge is 2.34. The molecule has 0 aliphatic carbocycles. The molecule has 0 saturated carbocycles. The van der Waals surface area contributed by atoms with Crippen molar-refractivity contribution in [3.05, 3.63) is 81.3 Å². The molecule has 0 saturated heterocycles. The summed E-state index contributed by atoms with van der Waals surface area (Å²) in [6, 6.07) is 13.3. The number of benzene rings is 2. The van der Waals surface area contributed by atoms with Gasteiger partial charge in [-0.15, -0.1) is 0 Å². The Bertz CT molecular complexity index is 1140. The summed E-state index contributed by atoms with van der Waals surface area (Å²) in [5.41, 5.74) is 2.89. The van der Waals surface area contributed by atoms with E-state index in [-0.39, 0.29) is 6.04 Å². The first-order valence-electron chi connectivity index (χ1n) is 9.53. The van der Waals surface area contributed by atoms with Crippen LogP contribution in [0.4, 0.5) is 5.69 Å². The minimum absolute atomic E-state index is 0.277. The van der Waals surface area contributed by atoms with Gasteiger partial charge in [-0.2, -0.15) is 4.31 Å². The highest BCUT2D eigenvalue weighted by atomic mass is 79.9. The van der Waals surface area contributed by atoms with Gasteiger partial charge >= 0.3 is 0 Å². The third kappa shape index (κ3) is 4.72. The molecule has 30 heavy (non-hydrogen) atoms. The average molecular weight is 510 g/mol. The Kier molecular flexibility index (Phi) is 6.20. The molecule has 0 radical (unpaired) electrons. The maximum atomic E-state index is 12.8. The fourth-order valence-electron chi connectivity index (χ4n) is 3.92. The predicted octanol–water partition coefficient (Wildman–Crippen LogP) is 4.22. The number of nitrogens with one attached hydrogen (secondary N) is 1. The van der Waals surface area contributed by atoms with Crippen LogP contribution >= 0.6 is 27.5 Å². The molecule has 6 nitrogen and oxygen atoms in total. The van der Waals surface area contributed by atoms with E-state index in [1.165, 1.54) is 6.26 Å². The third-order valence-corrected chi connectivity index (χ3v) is 7.42. The molecular weight excluding hydrogens is 488 g/mol. The number of aromatic nitrogens is 2. The Balaban J connectivity index is 1.77. The lowest BCUT2D eigenvalue weighted by molar-refractivity contribution is 0.320. The number of halogens is 2. The molecule has 0 amide bonds. The number of hydrogen-bond donors (Lipinski definition) is 1. The van der Waals surface area contributed by atoms with Gasteiger partial charge in [-0.05, 0) is 41.8 Å². The van der Waals surface area contributed by atoms with Crippen molar-refractivity contribution in [3.8, 4) is 0 Å². The number of anilines is 1. The number of imidazole rings is 1. The number of rotatable bonds is 5. The molecule has 158 valence electrons. The van der Waals surface area contributed by atoms with Gasteiger partial charge in [-0.3, -0.25) is 0 Å².